The molecule has 0 amide bonds. The molecule has 0 saturated carbocycles. The first-order valence-electron chi connectivity index (χ1n) is 6.13. The SMILES string of the molecule is Cc1cccc(C)c1C(Cc1cccnc1)NN. The first kappa shape index (κ1) is 12.7. The van der Waals surface area contributed by atoms with Crippen LogP contribution in [0.3, 0.4) is 0 Å². The summed E-state index contributed by atoms with van der Waals surface area (Å²) in [4.78, 5) is 4.14. The minimum absolute atomic E-state index is 0.121. The van der Waals surface area contributed by atoms with Crippen LogP contribution < -0.4 is 11.3 Å². The highest BCUT2D eigenvalue weighted by molar-refractivity contribution is 5.37. The Morgan fingerprint density at radius 3 is 2.44 bits per heavy atom. The second kappa shape index (κ2) is 5.76. The molecule has 1 unspecified atom stereocenters. The molecule has 0 aliphatic carbocycles. The van der Waals surface area contributed by atoms with Gasteiger partial charge in [-0.3, -0.25) is 16.3 Å². The molecule has 3 heteroatoms. The van der Waals surface area contributed by atoms with Crippen molar-refractivity contribution in [2.24, 2.45) is 5.84 Å². The minimum Gasteiger partial charge on any atom is -0.271 e. The average molecular weight is 241 g/mol. The molecule has 94 valence electrons. The van der Waals surface area contributed by atoms with Gasteiger partial charge < -0.3 is 0 Å². The van der Waals surface area contributed by atoms with Gasteiger partial charge in [0.25, 0.3) is 0 Å². The highest BCUT2D eigenvalue weighted by Gasteiger charge is 2.15. The van der Waals surface area contributed by atoms with E-state index in [1.54, 1.807) is 6.20 Å². The van der Waals surface area contributed by atoms with Crippen molar-refractivity contribution in [2.75, 3.05) is 0 Å². The third-order valence-electron chi connectivity index (χ3n) is 3.25. The van der Waals surface area contributed by atoms with E-state index in [9.17, 15) is 0 Å². The van der Waals surface area contributed by atoms with Gasteiger partial charge in [-0.2, -0.15) is 0 Å². The van der Waals surface area contributed by atoms with Crippen molar-refractivity contribution in [2.45, 2.75) is 26.3 Å². The van der Waals surface area contributed by atoms with E-state index in [1.165, 1.54) is 22.3 Å². The predicted molar refractivity (Wildman–Crippen MR) is 73.9 cm³/mol. The van der Waals surface area contributed by atoms with E-state index >= 15 is 0 Å². The molecule has 18 heavy (non-hydrogen) atoms. The van der Waals surface area contributed by atoms with Gasteiger partial charge in [-0.25, -0.2) is 0 Å². The normalized spacial score (nSPS) is 12.4. The Balaban J connectivity index is 2.29. The molecule has 0 aliphatic heterocycles. The fourth-order valence-corrected chi connectivity index (χ4v) is 2.38. The van der Waals surface area contributed by atoms with Gasteiger partial charge in [0.2, 0.25) is 0 Å². The number of nitrogens with two attached hydrogens (primary N) is 1. The van der Waals surface area contributed by atoms with Crippen LogP contribution in [-0.4, -0.2) is 4.98 Å². The molecule has 2 aromatic rings. The van der Waals surface area contributed by atoms with Crippen LogP contribution in [0.2, 0.25) is 0 Å². The quantitative estimate of drug-likeness (QED) is 0.638. The second-order valence-corrected chi connectivity index (χ2v) is 4.59. The Kier molecular flexibility index (Phi) is 4.07. The summed E-state index contributed by atoms with van der Waals surface area (Å²) in [5.74, 6) is 5.72. The molecule has 0 aliphatic rings. The maximum atomic E-state index is 5.72. The number of rotatable bonds is 4. The van der Waals surface area contributed by atoms with E-state index in [4.69, 9.17) is 5.84 Å². The second-order valence-electron chi connectivity index (χ2n) is 4.59. The number of hydrogen-bond acceptors (Lipinski definition) is 3. The van der Waals surface area contributed by atoms with Crippen molar-refractivity contribution in [1.29, 1.82) is 0 Å². The van der Waals surface area contributed by atoms with Gasteiger partial charge in [0.15, 0.2) is 0 Å². The minimum atomic E-state index is 0.121. The van der Waals surface area contributed by atoms with E-state index in [1.807, 2.05) is 12.3 Å². The van der Waals surface area contributed by atoms with Gasteiger partial charge in [0.1, 0.15) is 0 Å². The van der Waals surface area contributed by atoms with Crippen molar-refractivity contribution in [3.63, 3.8) is 0 Å². The molecule has 2 rings (SSSR count). The third kappa shape index (κ3) is 2.75. The highest BCUT2D eigenvalue weighted by Crippen LogP contribution is 2.24. The van der Waals surface area contributed by atoms with Crippen LogP contribution in [-0.2, 0) is 6.42 Å². The number of hydrazine groups is 1. The predicted octanol–water partition coefficient (Wildman–Crippen LogP) is 2.45. The zero-order chi connectivity index (χ0) is 13.0. The lowest BCUT2D eigenvalue weighted by Gasteiger charge is -2.20. The first-order chi connectivity index (χ1) is 8.72. The Morgan fingerprint density at radius 2 is 1.89 bits per heavy atom. The molecule has 1 heterocycles. The van der Waals surface area contributed by atoms with Crippen molar-refractivity contribution in [3.8, 4) is 0 Å². The molecular formula is C15H19N3. The molecule has 3 N–H and O–H groups in total. The van der Waals surface area contributed by atoms with Gasteiger partial charge in [0.05, 0.1) is 6.04 Å². The summed E-state index contributed by atoms with van der Waals surface area (Å²) in [5, 5.41) is 0. The molecule has 1 aromatic carbocycles. The number of nitrogens with zero attached hydrogens (tertiary/aromatic N) is 1. The van der Waals surface area contributed by atoms with Gasteiger partial charge in [-0.1, -0.05) is 24.3 Å². The molecule has 0 saturated heterocycles. The zero-order valence-corrected chi connectivity index (χ0v) is 10.9. The number of nitrogens with one attached hydrogen (secondary N) is 1. The smallest absolute Gasteiger partial charge is 0.0506 e. The number of pyridine rings is 1. The van der Waals surface area contributed by atoms with E-state index < -0.39 is 0 Å². The van der Waals surface area contributed by atoms with Crippen LogP contribution in [0.4, 0.5) is 0 Å². The van der Waals surface area contributed by atoms with E-state index in [0.717, 1.165) is 6.42 Å². The lowest BCUT2D eigenvalue weighted by atomic mass is 9.92. The number of aromatic nitrogens is 1. The van der Waals surface area contributed by atoms with Crippen molar-refractivity contribution < 1.29 is 0 Å². The maximum Gasteiger partial charge on any atom is 0.0506 e. The fourth-order valence-electron chi connectivity index (χ4n) is 2.38. The number of aryl methyl sites for hydroxylation is 2. The Morgan fingerprint density at radius 1 is 1.17 bits per heavy atom. The Labute approximate surface area is 108 Å². The lowest BCUT2D eigenvalue weighted by Crippen LogP contribution is -2.30. The largest absolute Gasteiger partial charge is 0.271 e. The summed E-state index contributed by atoms with van der Waals surface area (Å²) in [6.07, 6.45) is 4.52. The van der Waals surface area contributed by atoms with E-state index in [2.05, 4.69) is 48.5 Å². The summed E-state index contributed by atoms with van der Waals surface area (Å²) >= 11 is 0. The van der Waals surface area contributed by atoms with Crippen LogP contribution >= 0.6 is 0 Å². The molecule has 1 aromatic heterocycles. The maximum absolute atomic E-state index is 5.72. The Hall–Kier alpha value is -1.71. The summed E-state index contributed by atoms with van der Waals surface area (Å²) < 4.78 is 0. The standard InChI is InChI=1S/C15H19N3/c1-11-5-3-6-12(2)15(11)14(18-16)9-13-7-4-8-17-10-13/h3-8,10,14,18H,9,16H2,1-2H3. The van der Waals surface area contributed by atoms with Crippen LogP contribution in [0.25, 0.3) is 0 Å². The molecule has 0 bridgehead atoms. The average Bonchev–Trinajstić information content (AvgIpc) is 2.38. The molecule has 3 nitrogen and oxygen atoms in total. The van der Waals surface area contributed by atoms with Crippen molar-refractivity contribution >= 4 is 0 Å². The van der Waals surface area contributed by atoms with E-state index in [0.29, 0.717) is 0 Å². The summed E-state index contributed by atoms with van der Waals surface area (Å²) in [5.41, 5.74) is 7.92. The van der Waals surface area contributed by atoms with Crippen molar-refractivity contribution in [3.05, 3.63) is 65.0 Å². The van der Waals surface area contributed by atoms with Crippen LogP contribution in [0, 0.1) is 13.8 Å². The lowest BCUT2D eigenvalue weighted by molar-refractivity contribution is 0.546. The Bertz CT molecular complexity index is 488. The van der Waals surface area contributed by atoms with Gasteiger partial charge in [-0.05, 0) is 48.6 Å². The van der Waals surface area contributed by atoms with E-state index in [-0.39, 0.29) is 6.04 Å². The topological polar surface area (TPSA) is 50.9 Å². The first-order valence-corrected chi connectivity index (χ1v) is 6.13. The zero-order valence-electron chi connectivity index (χ0n) is 10.9. The molecule has 0 fully saturated rings. The van der Waals surface area contributed by atoms with Gasteiger partial charge >= 0.3 is 0 Å². The summed E-state index contributed by atoms with van der Waals surface area (Å²) in [6.45, 7) is 4.24. The molecule has 0 radical (unpaired) electrons. The fraction of sp³-hybridized carbons (Fsp3) is 0.267. The number of hydrogen-bond donors (Lipinski definition) is 2. The van der Waals surface area contributed by atoms with Gasteiger partial charge in [-0.15, -0.1) is 0 Å². The van der Waals surface area contributed by atoms with Gasteiger partial charge in [0, 0.05) is 12.4 Å². The summed E-state index contributed by atoms with van der Waals surface area (Å²) in [7, 11) is 0. The molecular weight excluding hydrogens is 222 g/mol. The van der Waals surface area contributed by atoms with Crippen LogP contribution in [0.1, 0.15) is 28.3 Å². The van der Waals surface area contributed by atoms with Crippen LogP contribution in [0.5, 0.6) is 0 Å². The number of benzene rings is 1. The molecule has 1 atom stereocenters. The van der Waals surface area contributed by atoms with Crippen LogP contribution in [0.15, 0.2) is 42.7 Å². The third-order valence-corrected chi connectivity index (χ3v) is 3.25. The van der Waals surface area contributed by atoms with Crippen molar-refractivity contribution in [1.82, 2.24) is 10.4 Å². The summed E-state index contributed by atoms with van der Waals surface area (Å²) in [6, 6.07) is 10.5. The molecule has 0 spiro atoms. The monoisotopic (exact) mass is 241 g/mol. The highest BCUT2D eigenvalue weighted by atomic mass is 15.2.